The van der Waals surface area contributed by atoms with Crippen LogP contribution in [-0.2, 0) is 0 Å². The van der Waals surface area contributed by atoms with Gasteiger partial charge in [0, 0.05) is 28.0 Å². The van der Waals surface area contributed by atoms with Crippen molar-refractivity contribution < 1.29 is 13.9 Å². The summed E-state index contributed by atoms with van der Waals surface area (Å²) in [6, 6.07) is 9.07. The number of rotatable bonds is 5. The van der Waals surface area contributed by atoms with Crippen LogP contribution in [0.1, 0.15) is 24.1 Å². The minimum atomic E-state index is -0.398. The molecule has 0 spiro atoms. The van der Waals surface area contributed by atoms with Gasteiger partial charge in [0.2, 0.25) is 0 Å². The number of fused-ring (bicyclic) bond motifs is 2. The van der Waals surface area contributed by atoms with Crippen LogP contribution >= 0.6 is 0 Å². The van der Waals surface area contributed by atoms with Gasteiger partial charge < -0.3 is 19.8 Å². The highest BCUT2D eigenvalue weighted by molar-refractivity contribution is 5.87. The van der Waals surface area contributed by atoms with E-state index in [0.29, 0.717) is 29.2 Å². The largest absolute Gasteiger partial charge is 0.493 e. The van der Waals surface area contributed by atoms with Crippen molar-refractivity contribution in [1.82, 2.24) is 20.5 Å². The Kier molecular flexibility index (Phi) is 5.19. The number of H-pyrrole nitrogens is 1. The molecule has 0 unspecified atom stereocenters. The van der Waals surface area contributed by atoms with Crippen LogP contribution in [0.3, 0.4) is 0 Å². The van der Waals surface area contributed by atoms with Crippen molar-refractivity contribution in [2.75, 3.05) is 19.7 Å². The first kappa shape index (κ1) is 19.8. The number of benzene rings is 2. The van der Waals surface area contributed by atoms with Gasteiger partial charge in [0.05, 0.1) is 12.8 Å². The number of hydrogen-bond donors (Lipinski definition) is 2. The van der Waals surface area contributed by atoms with Gasteiger partial charge in [-0.3, -0.25) is 0 Å². The number of nitrogens with one attached hydrogen (secondary N) is 2. The number of piperidine rings is 1. The van der Waals surface area contributed by atoms with E-state index in [0.717, 1.165) is 53.8 Å². The van der Waals surface area contributed by atoms with Crippen molar-refractivity contribution in [3.8, 4) is 17.2 Å². The van der Waals surface area contributed by atoms with Crippen LogP contribution in [0.25, 0.3) is 21.8 Å². The highest BCUT2D eigenvalue weighted by atomic mass is 19.1. The first-order valence-electron chi connectivity index (χ1n) is 10.6. The van der Waals surface area contributed by atoms with Gasteiger partial charge >= 0.3 is 0 Å². The number of hydrogen-bond acceptors (Lipinski definition) is 5. The van der Waals surface area contributed by atoms with Gasteiger partial charge in [-0.05, 0) is 75.5 Å². The SMILES string of the molecule is Cc1cc2c(F)c(Oc3cnnc4cc(OCC5CCNCC5)c(C)cc34)ccc2[nH]1. The smallest absolute Gasteiger partial charge is 0.175 e. The molecule has 2 N–H and O–H groups in total. The molecule has 0 bridgehead atoms. The average molecular weight is 420 g/mol. The topological polar surface area (TPSA) is 72.1 Å². The quantitative estimate of drug-likeness (QED) is 0.473. The van der Waals surface area contributed by atoms with E-state index in [1.807, 2.05) is 32.0 Å². The molecule has 1 fully saturated rings. The summed E-state index contributed by atoms with van der Waals surface area (Å²) in [6.07, 6.45) is 3.77. The van der Waals surface area contributed by atoms with E-state index >= 15 is 0 Å². The molecule has 0 radical (unpaired) electrons. The molecule has 0 amide bonds. The summed E-state index contributed by atoms with van der Waals surface area (Å²) < 4.78 is 27.0. The van der Waals surface area contributed by atoms with E-state index in [-0.39, 0.29) is 5.75 Å². The minimum Gasteiger partial charge on any atom is -0.493 e. The van der Waals surface area contributed by atoms with Crippen molar-refractivity contribution in [1.29, 1.82) is 0 Å². The Morgan fingerprint density at radius 2 is 1.87 bits per heavy atom. The number of halogens is 1. The van der Waals surface area contributed by atoms with Crippen molar-refractivity contribution in [3.05, 3.63) is 53.6 Å². The van der Waals surface area contributed by atoms with Gasteiger partial charge in [0.1, 0.15) is 11.3 Å². The fourth-order valence-electron chi connectivity index (χ4n) is 4.15. The second-order valence-electron chi connectivity index (χ2n) is 8.24. The number of aromatic amines is 1. The molecule has 31 heavy (non-hydrogen) atoms. The number of nitrogens with zero attached hydrogens (tertiary/aromatic N) is 2. The van der Waals surface area contributed by atoms with Gasteiger partial charge in [-0.1, -0.05) is 0 Å². The van der Waals surface area contributed by atoms with E-state index in [1.54, 1.807) is 12.1 Å². The summed E-state index contributed by atoms with van der Waals surface area (Å²) >= 11 is 0. The van der Waals surface area contributed by atoms with Crippen molar-refractivity contribution >= 4 is 21.8 Å². The van der Waals surface area contributed by atoms with Gasteiger partial charge in [0.25, 0.3) is 0 Å². The highest BCUT2D eigenvalue weighted by Gasteiger charge is 2.17. The lowest BCUT2D eigenvalue weighted by atomic mass is 9.99. The van der Waals surface area contributed by atoms with Crippen LogP contribution in [0.5, 0.6) is 17.2 Å². The maximum absolute atomic E-state index is 15.0. The van der Waals surface area contributed by atoms with Crippen LogP contribution < -0.4 is 14.8 Å². The summed E-state index contributed by atoms with van der Waals surface area (Å²) in [6.45, 7) is 6.67. The lowest BCUT2D eigenvalue weighted by Crippen LogP contribution is -2.30. The molecule has 5 rings (SSSR count). The zero-order valence-corrected chi connectivity index (χ0v) is 17.7. The molecular weight excluding hydrogens is 395 g/mol. The molecule has 1 aliphatic rings. The minimum absolute atomic E-state index is 0.157. The molecule has 3 heterocycles. The zero-order valence-electron chi connectivity index (χ0n) is 17.7. The molecule has 1 saturated heterocycles. The van der Waals surface area contributed by atoms with Gasteiger partial charge in [-0.15, -0.1) is 0 Å². The lowest BCUT2D eigenvalue weighted by Gasteiger charge is -2.23. The first-order chi connectivity index (χ1) is 15.1. The molecule has 0 saturated carbocycles. The normalized spacial score (nSPS) is 14.9. The molecular formula is C24H25FN4O2. The van der Waals surface area contributed by atoms with Crippen molar-refractivity contribution in [2.24, 2.45) is 5.92 Å². The first-order valence-corrected chi connectivity index (χ1v) is 10.6. The Bertz CT molecular complexity index is 1250. The second kappa shape index (κ2) is 8.15. The summed E-state index contributed by atoms with van der Waals surface area (Å²) in [5.41, 5.74) is 3.28. The number of aromatic nitrogens is 3. The third-order valence-corrected chi connectivity index (χ3v) is 5.89. The van der Waals surface area contributed by atoms with E-state index in [4.69, 9.17) is 9.47 Å². The maximum atomic E-state index is 15.0. The van der Waals surface area contributed by atoms with E-state index < -0.39 is 5.82 Å². The molecule has 1 aliphatic heterocycles. The molecule has 6 nitrogen and oxygen atoms in total. The Morgan fingerprint density at radius 3 is 2.71 bits per heavy atom. The van der Waals surface area contributed by atoms with Crippen LogP contribution in [0.4, 0.5) is 4.39 Å². The standard InChI is InChI=1S/C24H25FN4O2/c1-14-9-17-20(11-22(14)30-13-16-5-7-26-8-6-16)29-27-12-23(17)31-21-4-3-19-18(24(21)25)10-15(2)28-19/h3-4,9-12,16,26,28H,5-8,13H2,1-2H3. The predicted molar refractivity (Wildman–Crippen MR) is 118 cm³/mol. The van der Waals surface area contributed by atoms with Crippen molar-refractivity contribution in [3.63, 3.8) is 0 Å². The summed E-state index contributed by atoms with van der Waals surface area (Å²) in [5, 5.41) is 12.9. The van der Waals surface area contributed by atoms with E-state index in [2.05, 4.69) is 20.5 Å². The maximum Gasteiger partial charge on any atom is 0.175 e. The molecule has 160 valence electrons. The number of ether oxygens (including phenoxy) is 2. The zero-order chi connectivity index (χ0) is 21.4. The summed E-state index contributed by atoms with van der Waals surface area (Å²) in [7, 11) is 0. The molecule has 2 aromatic heterocycles. The lowest BCUT2D eigenvalue weighted by molar-refractivity contribution is 0.214. The monoisotopic (exact) mass is 420 g/mol. The highest BCUT2D eigenvalue weighted by Crippen LogP contribution is 2.35. The Labute approximate surface area is 179 Å². The molecule has 2 aromatic carbocycles. The van der Waals surface area contributed by atoms with Crippen LogP contribution in [0.2, 0.25) is 0 Å². The summed E-state index contributed by atoms with van der Waals surface area (Å²) in [5.74, 6) is 1.58. The van der Waals surface area contributed by atoms with Gasteiger partial charge in [-0.2, -0.15) is 10.2 Å². The predicted octanol–water partition coefficient (Wildman–Crippen LogP) is 5.04. The molecule has 7 heteroatoms. The third kappa shape index (κ3) is 3.93. The third-order valence-electron chi connectivity index (χ3n) is 5.89. The molecule has 4 aromatic rings. The fourth-order valence-corrected chi connectivity index (χ4v) is 4.15. The van der Waals surface area contributed by atoms with Crippen molar-refractivity contribution in [2.45, 2.75) is 26.7 Å². The fraction of sp³-hybridized carbons (Fsp3) is 0.333. The van der Waals surface area contributed by atoms with Gasteiger partial charge in [-0.25, -0.2) is 4.39 Å². The summed E-state index contributed by atoms with van der Waals surface area (Å²) in [4.78, 5) is 3.13. The van der Waals surface area contributed by atoms with Crippen LogP contribution in [-0.4, -0.2) is 34.9 Å². The Hall–Kier alpha value is -3.19. The average Bonchev–Trinajstić information content (AvgIpc) is 3.17. The molecule has 0 atom stereocenters. The Balaban J connectivity index is 1.43. The molecule has 0 aliphatic carbocycles. The van der Waals surface area contributed by atoms with Crippen LogP contribution in [0.15, 0.2) is 36.5 Å². The number of aryl methyl sites for hydroxylation is 2. The second-order valence-corrected chi connectivity index (χ2v) is 8.24. The van der Waals surface area contributed by atoms with E-state index in [9.17, 15) is 4.39 Å². The van der Waals surface area contributed by atoms with Gasteiger partial charge in [0.15, 0.2) is 17.3 Å². The van der Waals surface area contributed by atoms with Crippen LogP contribution in [0, 0.1) is 25.6 Å². The Morgan fingerprint density at radius 1 is 1.03 bits per heavy atom. The van der Waals surface area contributed by atoms with E-state index in [1.165, 1.54) is 6.20 Å².